The number of phosphoric acid groups is 1. The minimum Gasteiger partial charge on any atom is -0.376 e. The van der Waals surface area contributed by atoms with Crippen molar-refractivity contribution in [2.24, 2.45) is 5.92 Å². The van der Waals surface area contributed by atoms with E-state index in [1.54, 1.807) is 0 Å². The second-order valence-corrected chi connectivity index (χ2v) is 6.99. The summed E-state index contributed by atoms with van der Waals surface area (Å²) in [6.45, 7) is 0.759. The number of hydrogen-bond donors (Lipinski definition) is 0. The van der Waals surface area contributed by atoms with Crippen molar-refractivity contribution in [3.8, 4) is 0 Å². The summed E-state index contributed by atoms with van der Waals surface area (Å²) < 4.78 is 62.6. The van der Waals surface area contributed by atoms with Gasteiger partial charge in [0.2, 0.25) is 0 Å². The van der Waals surface area contributed by atoms with Gasteiger partial charge in [0.15, 0.2) is 0 Å². The lowest BCUT2D eigenvalue weighted by atomic mass is 9.98. The third-order valence-corrected chi connectivity index (χ3v) is 5.40. The lowest BCUT2D eigenvalue weighted by Crippen LogP contribution is -2.36. The largest absolute Gasteiger partial charge is 0.475 e. The zero-order chi connectivity index (χ0) is 16.6. The molecule has 3 aliphatic heterocycles. The molecule has 0 aromatic rings. The molecular formula is C13H23O6P. The van der Waals surface area contributed by atoms with E-state index in [4.69, 9.17) is 27.2 Å². The lowest BCUT2D eigenvalue weighted by molar-refractivity contribution is -0.0643. The molecule has 0 radical (unpaired) electrons. The average molecular weight is 311 g/mol. The van der Waals surface area contributed by atoms with E-state index in [0.717, 1.165) is 0 Å². The first kappa shape index (κ1) is 11.6. The van der Waals surface area contributed by atoms with Gasteiger partial charge in [0.25, 0.3) is 0 Å². The Morgan fingerprint density at radius 1 is 1.35 bits per heavy atom. The molecule has 0 spiro atoms. The third kappa shape index (κ3) is 3.11. The van der Waals surface area contributed by atoms with Crippen LogP contribution < -0.4 is 0 Å². The maximum absolute atomic E-state index is 12.8. The van der Waals surface area contributed by atoms with Crippen LogP contribution in [-0.4, -0.2) is 44.2 Å². The molecule has 6 nitrogen and oxygen atoms in total. The Morgan fingerprint density at radius 3 is 2.95 bits per heavy atom. The normalized spacial score (nSPS) is 59.0. The quantitative estimate of drug-likeness (QED) is 0.746. The van der Waals surface area contributed by atoms with Crippen molar-refractivity contribution in [1.82, 2.24) is 0 Å². The standard InChI is InChI=1S/C13H23O6P/c1-9-3-6-16-13(9)12-5-8-17-20(14,19-12)18-11-4-7-15-10(11)2/h9-13H,3-8H2,1-2H3/t9-,10+,11-,12+,13-,20+/m0/s1/i2D,6T,7T/t6-,7-,9+,10-,11+,12-,13+,20-/m1. The third-order valence-electron chi connectivity index (χ3n) is 3.84. The zero-order valence-electron chi connectivity index (χ0n) is 14.5. The smallest absolute Gasteiger partial charge is 0.376 e. The molecule has 20 heavy (non-hydrogen) atoms. The van der Waals surface area contributed by atoms with Gasteiger partial charge in [-0.2, -0.15) is 0 Å². The van der Waals surface area contributed by atoms with Gasteiger partial charge in [0, 0.05) is 27.4 Å². The molecular weight excluding hydrogens is 283 g/mol. The van der Waals surface area contributed by atoms with Crippen LogP contribution in [0.15, 0.2) is 0 Å². The van der Waals surface area contributed by atoms with E-state index in [9.17, 15) is 4.57 Å². The Bertz CT molecular complexity index is 469. The van der Waals surface area contributed by atoms with Crippen LogP contribution in [0, 0.1) is 5.92 Å². The van der Waals surface area contributed by atoms with Crippen molar-refractivity contribution in [3.05, 3.63) is 0 Å². The Hall–Kier alpha value is 0.0300. The number of rotatable bonds is 3. The van der Waals surface area contributed by atoms with Gasteiger partial charge in [-0.3, -0.25) is 13.6 Å². The average Bonchev–Trinajstić information content (AvgIpc) is 3.00. The van der Waals surface area contributed by atoms with Crippen molar-refractivity contribution in [2.75, 3.05) is 19.8 Å². The van der Waals surface area contributed by atoms with E-state index in [-0.39, 0.29) is 31.9 Å². The van der Waals surface area contributed by atoms with Crippen molar-refractivity contribution < 1.29 is 31.7 Å². The first-order chi connectivity index (χ1) is 10.9. The molecule has 0 aliphatic carbocycles. The molecule has 0 bridgehead atoms. The minimum atomic E-state index is -3.78. The van der Waals surface area contributed by atoms with Crippen LogP contribution in [0.4, 0.5) is 0 Å². The highest BCUT2D eigenvalue weighted by Gasteiger charge is 2.45. The summed E-state index contributed by atoms with van der Waals surface area (Å²) in [6, 6.07) is 0. The van der Waals surface area contributed by atoms with Crippen molar-refractivity contribution in [2.45, 2.75) is 57.5 Å². The van der Waals surface area contributed by atoms with Crippen molar-refractivity contribution >= 4 is 7.82 Å². The van der Waals surface area contributed by atoms with Crippen LogP contribution in [0.25, 0.3) is 0 Å². The van der Waals surface area contributed by atoms with Gasteiger partial charge < -0.3 is 9.47 Å². The fourth-order valence-corrected chi connectivity index (χ4v) is 4.25. The summed E-state index contributed by atoms with van der Waals surface area (Å²) in [7, 11) is -3.78. The molecule has 0 amide bonds. The second kappa shape index (κ2) is 6.03. The van der Waals surface area contributed by atoms with Gasteiger partial charge in [-0.25, -0.2) is 4.57 Å². The van der Waals surface area contributed by atoms with E-state index in [0.29, 0.717) is 12.8 Å². The molecule has 0 unspecified atom stereocenters. The summed E-state index contributed by atoms with van der Waals surface area (Å²) in [5, 5.41) is 0. The summed E-state index contributed by atoms with van der Waals surface area (Å²) in [5.74, 6) is 0.141. The van der Waals surface area contributed by atoms with E-state index >= 15 is 0 Å². The molecule has 3 heterocycles. The van der Waals surface area contributed by atoms with Crippen LogP contribution in [0.5, 0.6) is 0 Å². The number of phosphoric ester groups is 1. The SMILES string of the molecule is [2H]C[C@H]1O[C@H]([3H])C[C@@H]1O[P@@]1(=O)OCC[C@H]([C@H]2O[C@H]([3H])C[C@@H]2C)O1. The molecule has 0 saturated carbocycles. The number of hydrogen-bond acceptors (Lipinski definition) is 6. The molecule has 3 aliphatic rings. The first-order valence-corrected chi connectivity index (χ1v) is 8.42. The lowest BCUT2D eigenvalue weighted by Gasteiger charge is -2.34. The Morgan fingerprint density at radius 2 is 2.20 bits per heavy atom. The second-order valence-electron chi connectivity index (χ2n) is 5.41. The van der Waals surface area contributed by atoms with Crippen LogP contribution >= 0.6 is 7.82 Å². The fourth-order valence-electron chi connectivity index (χ4n) is 2.64. The van der Waals surface area contributed by atoms with Crippen LogP contribution in [0.2, 0.25) is 0 Å². The van der Waals surface area contributed by atoms with Gasteiger partial charge in [-0.15, -0.1) is 0 Å². The summed E-state index contributed by atoms with van der Waals surface area (Å²) in [5.41, 5.74) is 0. The molecule has 0 aromatic carbocycles. The summed E-state index contributed by atoms with van der Waals surface area (Å²) in [4.78, 5) is 0. The van der Waals surface area contributed by atoms with Crippen LogP contribution in [0.3, 0.4) is 0 Å². The first-order valence-electron chi connectivity index (χ1n) is 8.82. The van der Waals surface area contributed by atoms with E-state index in [1.165, 1.54) is 0 Å². The van der Waals surface area contributed by atoms with Crippen LogP contribution in [-0.2, 0) is 27.6 Å². The van der Waals surface area contributed by atoms with Gasteiger partial charge in [-0.05, 0) is 19.2 Å². The highest BCUT2D eigenvalue weighted by atomic mass is 31.2. The van der Waals surface area contributed by atoms with Crippen molar-refractivity contribution in [3.63, 3.8) is 0 Å². The fraction of sp³-hybridized carbons (Fsp3) is 1.00. The van der Waals surface area contributed by atoms with E-state index < -0.39 is 39.3 Å². The predicted octanol–water partition coefficient (Wildman–Crippen LogP) is 2.52. The van der Waals surface area contributed by atoms with E-state index in [2.05, 4.69) is 0 Å². The molecule has 3 rings (SSSR count). The minimum absolute atomic E-state index is 0.0766. The van der Waals surface area contributed by atoms with Gasteiger partial charge in [-0.1, -0.05) is 6.92 Å². The van der Waals surface area contributed by atoms with E-state index in [1.807, 2.05) is 6.92 Å². The number of ether oxygens (including phenoxy) is 2. The monoisotopic (exact) mass is 311 g/mol. The Balaban J connectivity index is 1.64. The summed E-state index contributed by atoms with van der Waals surface area (Å²) in [6.07, 6.45) is -0.609. The Kier molecular flexibility index (Phi) is 3.49. The van der Waals surface area contributed by atoms with Gasteiger partial charge in [0.1, 0.15) is 0 Å². The molecule has 3 fully saturated rings. The Labute approximate surface area is 123 Å². The van der Waals surface area contributed by atoms with Crippen LogP contribution in [0.1, 0.15) is 37.2 Å². The molecule has 0 N–H and O–H groups in total. The zero-order valence-corrected chi connectivity index (χ0v) is 12.4. The maximum atomic E-state index is 12.8. The molecule has 8 atom stereocenters. The van der Waals surface area contributed by atoms with Gasteiger partial charge >= 0.3 is 7.82 Å². The van der Waals surface area contributed by atoms with Gasteiger partial charge in [0.05, 0.1) is 33.8 Å². The molecule has 116 valence electrons. The molecule has 7 heteroatoms. The molecule has 3 saturated heterocycles. The predicted molar refractivity (Wildman–Crippen MR) is 71.5 cm³/mol. The highest BCUT2D eigenvalue weighted by molar-refractivity contribution is 7.48. The maximum Gasteiger partial charge on any atom is 0.475 e. The summed E-state index contributed by atoms with van der Waals surface area (Å²) >= 11 is 0. The topological polar surface area (TPSA) is 63.2 Å². The molecule has 0 aromatic heterocycles. The highest BCUT2D eigenvalue weighted by Crippen LogP contribution is 2.56. The van der Waals surface area contributed by atoms with Crippen molar-refractivity contribution in [1.29, 1.82) is 0 Å².